The van der Waals surface area contributed by atoms with Crippen LogP contribution in [0.4, 0.5) is 10.5 Å². The van der Waals surface area contributed by atoms with Crippen LogP contribution in [0.1, 0.15) is 10.5 Å². The first-order chi connectivity index (χ1) is 11.1. The number of amides is 2. The zero-order valence-corrected chi connectivity index (χ0v) is 11.5. The van der Waals surface area contributed by atoms with Gasteiger partial charge in [0.2, 0.25) is 5.88 Å². The third-order valence-electron chi connectivity index (χ3n) is 2.44. The maximum absolute atomic E-state index is 11.6. The van der Waals surface area contributed by atoms with Crippen LogP contribution in [0.15, 0.2) is 41.8 Å². The second-order valence-electron chi connectivity index (χ2n) is 4.02. The summed E-state index contributed by atoms with van der Waals surface area (Å²) in [5.74, 6) is -0.215. The standard InChI is InChI=1S/C13H11N5O5/c19-12(16-7-17-22)10-5-11(15-6-14-10)23-9-3-1-2-8(4-9)18-13(20)21/h1-7,18,22H,(H,20,21)(H,16,17,19). The van der Waals surface area contributed by atoms with E-state index >= 15 is 0 Å². The van der Waals surface area contributed by atoms with E-state index in [0.717, 1.165) is 12.7 Å². The number of carboxylic acid groups (broad SMARTS) is 1. The lowest BCUT2D eigenvalue weighted by Gasteiger charge is -2.07. The summed E-state index contributed by atoms with van der Waals surface area (Å²) in [7, 11) is 0. The van der Waals surface area contributed by atoms with E-state index in [1.807, 2.05) is 0 Å². The number of anilines is 1. The fourth-order valence-electron chi connectivity index (χ4n) is 1.56. The van der Waals surface area contributed by atoms with Gasteiger partial charge in [0.05, 0.1) is 0 Å². The number of nitrogens with one attached hydrogen (secondary N) is 2. The first-order valence-corrected chi connectivity index (χ1v) is 6.15. The Balaban J connectivity index is 2.14. The van der Waals surface area contributed by atoms with Gasteiger partial charge in [-0.1, -0.05) is 11.2 Å². The number of hydrogen-bond acceptors (Lipinski definition) is 7. The normalized spacial score (nSPS) is 10.3. The average Bonchev–Trinajstić information content (AvgIpc) is 2.52. The van der Waals surface area contributed by atoms with Gasteiger partial charge in [-0.2, -0.15) is 0 Å². The Morgan fingerprint density at radius 1 is 1.26 bits per heavy atom. The largest absolute Gasteiger partial charge is 0.465 e. The molecule has 0 atom stereocenters. The van der Waals surface area contributed by atoms with E-state index in [1.165, 1.54) is 12.1 Å². The van der Waals surface area contributed by atoms with Crippen LogP contribution < -0.4 is 15.4 Å². The summed E-state index contributed by atoms with van der Waals surface area (Å²) in [5, 5.41) is 23.9. The molecule has 0 aliphatic heterocycles. The van der Waals surface area contributed by atoms with Crippen molar-refractivity contribution in [3.05, 3.63) is 42.4 Å². The number of hydrogen-bond donors (Lipinski definition) is 4. The van der Waals surface area contributed by atoms with Gasteiger partial charge in [0.1, 0.15) is 24.1 Å². The zero-order chi connectivity index (χ0) is 16.7. The maximum atomic E-state index is 11.6. The van der Waals surface area contributed by atoms with E-state index < -0.39 is 12.0 Å². The van der Waals surface area contributed by atoms with Crippen LogP contribution in [0.25, 0.3) is 0 Å². The molecule has 0 fully saturated rings. The Bertz CT molecular complexity index is 749. The van der Waals surface area contributed by atoms with Gasteiger partial charge in [-0.25, -0.2) is 14.8 Å². The van der Waals surface area contributed by atoms with Crippen molar-refractivity contribution >= 4 is 24.0 Å². The minimum Gasteiger partial charge on any atom is -0.465 e. The minimum absolute atomic E-state index is 0.00489. The van der Waals surface area contributed by atoms with Crippen LogP contribution in [0.3, 0.4) is 0 Å². The number of oxime groups is 1. The van der Waals surface area contributed by atoms with E-state index in [0.29, 0.717) is 11.4 Å². The van der Waals surface area contributed by atoms with Crippen LogP contribution in [0.2, 0.25) is 0 Å². The lowest BCUT2D eigenvalue weighted by Crippen LogP contribution is -2.22. The molecule has 0 spiro atoms. The van der Waals surface area contributed by atoms with Gasteiger partial charge in [0, 0.05) is 17.8 Å². The first kappa shape index (κ1) is 15.7. The van der Waals surface area contributed by atoms with Gasteiger partial charge in [-0.3, -0.25) is 10.1 Å². The van der Waals surface area contributed by atoms with Crippen LogP contribution >= 0.6 is 0 Å². The molecule has 10 heteroatoms. The number of rotatable bonds is 5. The molecule has 118 valence electrons. The number of aromatic nitrogens is 2. The molecule has 0 radical (unpaired) electrons. The molecular weight excluding hydrogens is 306 g/mol. The third-order valence-corrected chi connectivity index (χ3v) is 2.44. The van der Waals surface area contributed by atoms with E-state index in [9.17, 15) is 9.59 Å². The number of ether oxygens (including phenoxy) is 1. The van der Waals surface area contributed by atoms with Crippen molar-refractivity contribution in [3.63, 3.8) is 0 Å². The highest BCUT2D eigenvalue weighted by Gasteiger charge is 2.09. The molecule has 0 aliphatic rings. The number of carbonyl (C=O) groups excluding carboxylic acids is 1. The Kier molecular flexibility index (Phi) is 5.02. The molecule has 1 aromatic carbocycles. The molecule has 0 unspecified atom stereocenters. The van der Waals surface area contributed by atoms with Gasteiger partial charge < -0.3 is 20.4 Å². The molecule has 2 aromatic rings. The van der Waals surface area contributed by atoms with Gasteiger partial charge in [0.15, 0.2) is 0 Å². The molecule has 0 bridgehead atoms. The second-order valence-corrected chi connectivity index (χ2v) is 4.02. The Morgan fingerprint density at radius 3 is 2.83 bits per heavy atom. The van der Waals surface area contributed by atoms with E-state index in [4.69, 9.17) is 15.1 Å². The molecule has 2 amide bonds. The fourth-order valence-corrected chi connectivity index (χ4v) is 1.56. The molecule has 0 saturated carbocycles. The Morgan fingerprint density at radius 2 is 2.09 bits per heavy atom. The van der Waals surface area contributed by atoms with Crippen molar-refractivity contribution in [3.8, 4) is 11.6 Å². The molecule has 2 rings (SSSR count). The van der Waals surface area contributed by atoms with E-state index in [2.05, 4.69) is 25.8 Å². The summed E-state index contributed by atoms with van der Waals surface area (Å²) >= 11 is 0. The van der Waals surface area contributed by atoms with Gasteiger partial charge in [0.25, 0.3) is 5.91 Å². The minimum atomic E-state index is -1.20. The first-order valence-electron chi connectivity index (χ1n) is 6.15. The monoisotopic (exact) mass is 317 g/mol. The van der Waals surface area contributed by atoms with Crippen molar-refractivity contribution in [2.45, 2.75) is 0 Å². The van der Waals surface area contributed by atoms with Gasteiger partial charge in [-0.15, -0.1) is 0 Å². The zero-order valence-electron chi connectivity index (χ0n) is 11.5. The summed E-state index contributed by atoms with van der Waals surface area (Å²) in [4.78, 5) is 29.9. The molecule has 0 saturated heterocycles. The highest BCUT2D eigenvalue weighted by molar-refractivity contribution is 5.99. The van der Waals surface area contributed by atoms with Crippen LogP contribution in [-0.4, -0.2) is 38.6 Å². The summed E-state index contributed by atoms with van der Waals surface area (Å²) in [6, 6.07) is 7.46. The van der Waals surface area contributed by atoms with Crippen molar-refractivity contribution < 1.29 is 24.6 Å². The number of benzene rings is 1. The Labute approximate surface area is 129 Å². The smallest absolute Gasteiger partial charge is 0.409 e. The summed E-state index contributed by atoms with van der Waals surface area (Å²) < 4.78 is 5.45. The number of carbonyl (C=O) groups is 2. The summed E-state index contributed by atoms with van der Waals surface area (Å²) in [5.41, 5.74) is 0.316. The van der Waals surface area contributed by atoms with Crippen LogP contribution in [0, 0.1) is 0 Å². The van der Waals surface area contributed by atoms with E-state index in [1.54, 1.807) is 18.2 Å². The topological polar surface area (TPSA) is 146 Å². The summed E-state index contributed by atoms with van der Waals surface area (Å²) in [6.07, 6.45) is 0.722. The third kappa shape index (κ3) is 4.67. The highest BCUT2D eigenvalue weighted by atomic mass is 16.5. The number of nitrogens with zero attached hydrogens (tertiary/aromatic N) is 3. The predicted octanol–water partition coefficient (Wildman–Crippen LogP) is 1.51. The van der Waals surface area contributed by atoms with E-state index in [-0.39, 0.29) is 11.6 Å². The molecule has 10 nitrogen and oxygen atoms in total. The van der Waals surface area contributed by atoms with Crippen molar-refractivity contribution in [1.82, 2.24) is 15.3 Å². The molecule has 4 N–H and O–H groups in total. The SMILES string of the molecule is O=C(O)Nc1cccc(Oc2cc(C(=O)NC=NO)ncn2)c1. The average molecular weight is 317 g/mol. The molecular formula is C13H11N5O5. The highest BCUT2D eigenvalue weighted by Crippen LogP contribution is 2.22. The lowest BCUT2D eigenvalue weighted by molar-refractivity contribution is 0.0971. The second kappa shape index (κ2) is 7.36. The van der Waals surface area contributed by atoms with Crippen molar-refractivity contribution in [2.24, 2.45) is 5.16 Å². The molecule has 0 aliphatic carbocycles. The quantitative estimate of drug-likeness (QED) is 0.283. The van der Waals surface area contributed by atoms with Crippen molar-refractivity contribution in [1.29, 1.82) is 0 Å². The Hall–Kier alpha value is -3.69. The van der Waals surface area contributed by atoms with Crippen molar-refractivity contribution in [2.75, 3.05) is 5.32 Å². The molecule has 23 heavy (non-hydrogen) atoms. The predicted molar refractivity (Wildman–Crippen MR) is 77.9 cm³/mol. The van der Waals surface area contributed by atoms with Gasteiger partial charge >= 0.3 is 6.09 Å². The van der Waals surface area contributed by atoms with Crippen LogP contribution in [-0.2, 0) is 0 Å². The molecule has 1 heterocycles. The fraction of sp³-hybridized carbons (Fsp3) is 0. The van der Waals surface area contributed by atoms with Crippen LogP contribution in [0.5, 0.6) is 11.6 Å². The summed E-state index contributed by atoms with van der Waals surface area (Å²) in [6.45, 7) is 0. The maximum Gasteiger partial charge on any atom is 0.409 e. The molecule has 1 aromatic heterocycles. The lowest BCUT2D eigenvalue weighted by atomic mass is 10.3. The van der Waals surface area contributed by atoms with Gasteiger partial charge in [-0.05, 0) is 12.1 Å².